The second-order valence-corrected chi connectivity index (χ2v) is 6.33. The molecule has 0 saturated carbocycles. The Morgan fingerprint density at radius 2 is 2.32 bits per heavy atom. The van der Waals surface area contributed by atoms with E-state index in [0.717, 1.165) is 36.9 Å². The van der Waals surface area contributed by atoms with Gasteiger partial charge in [-0.25, -0.2) is 4.98 Å². The molecule has 1 aliphatic rings. The summed E-state index contributed by atoms with van der Waals surface area (Å²) in [5.74, 6) is 0. The minimum absolute atomic E-state index is 0. The lowest BCUT2D eigenvalue weighted by Gasteiger charge is -2.27. The van der Waals surface area contributed by atoms with E-state index in [0.29, 0.717) is 6.04 Å². The van der Waals surface area contributed by atoms with Gasteiger partial charge in [0.2, 0.25) is 0 Å². The molecule has 3 rings (SSSR count). The zero-order valence-electron chi connectivity index (χ0n) is 12.9. The van der Waals surface area contributed by atoms with E-state index in [1.807, 2.05) is 24.4 Å². The number of rotatable bonds is 6. The van der Waals surface area contributed by atoms with E-state index in [4.69, 9.17) is 4.98 Å². The van der Waals surface area contributed by atoms with E-state index >= 15 is 0 Å². The lowest BCUT2D eigenvalue weighted by Crippen LogP contribution is -2.37. The molecule has 0 amide bonds. The molecule has 0 aromatic carbocycles. The standard InChI is InChI=1S/C16H22N4S.ClH/c1-2-9-20(14-6-8-17-10-14)11-13-12-21-16(19-13)15-5-3-4-7-18-15;/h3-5,7,12,14,17H,2,6,8-11H2,1H3;1H. The Labute approximate surface area is 142 Å². The maximum Gasteiger partial charge on any atom is 0.142 e. The fourth-order valence-electron chi connectivity index (χ4n) is 2.82. The van der Waals surface area contributed by atoms with Gasteiger partial charge in [-0.05, 0) is 38.1 Å². The van der Waals surface area contributed by atoms with Crippen LogP contribution in [0.2, 0.25) is 0 Å². The Bertz CT molecular complexity index is 554. The lowest BCUT2D eigenvalue weighted by molar-refractivity contribution is 0.197. The number of nitrogens with zero attached hydrogens (tertiary/aromatic N) is 3. The van der Waals surface area contributed by atoms with Crippen LogP contribution < -0.4 is 5.32 Å². The Hall–Kier alpha value is -1.01. The van der Waals surface area contributed by atoms with Crippen LogP contribution in [0.5, 0.6) is 0 Å². The average Bonchev–Trinajstić information content (AvgIpc) is 3.19. The van der Waals surface area contributed by atoms with Gasteiger partial charge in [0, 0.05) is 30.7 Å². The van der Waals surface area contributed by atoms with E-state index in [1.54, 1.807) is 11.3 Å². The molecule has 0 radical (unpaired) electrons. The van der Waals surface area contributed by atoms with Crippen LogP contribution in [-0.2, 0) is 6.54 Å². The molecular formula is C16H23ClN4S. The van der Waals surface area contributed by atoms with Crippen molar-refractivity contribution in [2.75, 3.05) is 19.6 Å². The SMILES string of the molecule is CCCN(Cc1csc(-c2ccccn2)n1)C1CCNC1.Cl. The van der Waals surface area contributed by atoms with Crippen molar-refractivity contribution in [3.8, 4) is 10.7 Å². The number of aromatic nitrogens is 2. The van der Waals surface area contributed by atoms with Gasteiger partial charge in [-0.15, -0.1) is 23.7 Å². The molecule has 6 heteroatoms. The molecule has 0 aliphatic carbocycles. The number of halogens is 1. The number of hydrogen-bond acceptors (Lipinski definition) is 5. The summed E-state index contributed by atoms with van der Waals surface area (Å²) in [7, 11) is 0. The fraction of sp³-hybridized carbons (Fsp3) is 0.500. The highest BCUT2D eigenvalue weighted by molar-refractivity contribution is 7.13. The van der Waals surface area contributed by atoms with Gasteiger partial charge in [0.1, 0.15) is 5.01 Å². The van der Waals surface area contributed by atoms with Gasteiger partial charge in [0.15, 0.2) is 0 Å². The maximum absolute atomic E-state index is 4.77. The van der Waals surface area contributed by atoms with Gasteiger partial charge in [0.25, 0.3) is 0 Å². The van der Waals surface area contributed by atoms with Crippen LogP contribution in [-0.4, -0.2) is 40.5 Å². The Balaban J connectivity index is 0.00000176. The van der Waals surface area contributed by atoms with Gasteiger partial charge in [0.05, 0.1) is 11.4 Å². The van der Waals surface area contributed by atoms with Crippen LogP contribution in [0.15, 0.2) is 29.8 Å². The lowest BCUT2D eigenvalue weighted by atomic mass is 10.2. The molecular weight excluding hydrogens is 316 g/mol. The van der Waals surface area contributed by atoms with E-state index < -0.39 is 0 Å². The summed E-state index contributed by atoms with van der Waals surface area (Å²) in [6.45, 7) is 6.58. The summed E-state index contributed by atoms with van der Waals surface area (Å²) in [5.41, 5.74) is 2.14. The third kappa shape index (κ3) is 4.26. The molecule has 2 aromatic rings. The molecule has 1 aliphatic heterocycles. The summed E-state index contributed by atoms with van der Waals surface area (Å²) < 4.78 is 0. The second kappa shape index (κ2) is 8.58. The first-order chi connectivity index (χ1) is 10.4. The van der Waals surface area contributed by atoms with Crippen molar-refractivity contribution >= 4 is 23.7 Å². The van der Waals surface area contributed by atoms with Crippen molar-refractivity contribution in [1.29, 1.82) is 0 Å². The molecule has 4 nitrogen and oxygen atoms in total. The molecule has 1 N–H and O–H groups in total. The highest BCUT2D eigenvalue weighted by Crippen LogP contribution is 2.23. The molecule has 1 unspecified atom stereocenters. The maximum atomic E-state index is 4.77. The summed E-state index contributed by atoms with van der Waals surface area (Å²) in [4.78, 5) is 11.7. The second-order valence-electron chi connectivity index (χ2n) is 5.48. The van der Waals surface area contributed by atoms with Gasteiger partial charge < -0.3 is 5.32 Å². The molecule has 22 heavy (non-hydrogen) atoms. The summed E-state index contributed by atoms with van der Waals surface area (Å²) >= 11 is 1.69. The van der Waals surface area contributed by atoms with Gasteiger partial charge in [-0.1, -0.05) is 13.0 Å². The van der Waals surface area contributed by atoms with Crippen molar-refractivity contribution in [2.45, 2.75) is 32.4 Å². The first-order valence-corrected chi connectivity index (χ1v) is 8.55. The number of hydrogen-bond donors (Lipinski definition) is 1. The monoisotopic (exact) mass is 338 g/mol. The Morgan fingerprint density at radius 3 is 3.00 bits per heavy atom. The van der Waals surface area contributed by atoms with Crippen LogP contribution in [0.1, 0.15) is 25.5 Å². The summed E-state index contributed by atoms with van der Waals surface area (Å²) in [6, 6.07) is 6.63. The predicted molar refractivity (Wildman–Crippen MR) is 94.6 cm³/mol. The molecule has 0 spiro atoms. The van der Waals surface area contributed by atoms with Crippen molar-refractivity contribution in [1.82, 2.24) is 20.2 Å². The third-order valence-electron chi connectivity index (χ3n) is 3.86. The molecule has 0 bridgehead atoms. The minimum atomic E-state index is 0. The van der Waals surface area contributed by atoms with Crippen LogP contribution >= 0.6 is 23.7 Å². The zero-order valence-corrected chi connectivity index (χ0v) is 14.5. The van der Waals surface area contributed by atoms with Gasteiger partial charge in [-0.2, -0.15) is 0 Å². The Kier molecular flexibility index (Phi) is 6.76. The molecule has 2 aromatic heterocycles. The van der Waals surface area contributed by atoms with Crippen molar-refractivity contribution in [2.24, 2.45) is 0 Å². The Morgan fingerprint density at radius 1 is 1.41 bits per heavy atom. The van der Waals surface area contributed by atoms with E-state index in [9.17, 15) is 0 Å². The molecule has 3 heterocycles. The molecule has 1 saturated heterocycles. The quantitative estimate of drug-likeness (QED) is 0.878. The van der Waals surface area contributed by atoms with Crippen LogP contribution in [0, 0.1) is 0 Å². The fourth-order valence-corrected chi connectivity index (χ4v) is 3.61. The average molecular weight is 339 g/mol. The van der Waals surface area contributed by atoms with Crippen LogP contribution in [0.4, 0.5) is 0 Å². The molecule has 1 fully saturated rings. The molecule has 1 atom stereocenters. The smallest absolute Gasteiger partial charge is 0.142 e. The zero-order chi connectivity index (χ0) is 14.5. The van der Waals surface area contributed by atoms with E-state index in [1.165, 1.54) is 18.5 Å². The van der Waals surface area contributed by atoms with E-state index in [2.05, 4.69) is 27.5 Å². The van der Waals surface area contributed by atoms with Gasteiger partial charge in [-0.3, -0.25) is 9.88 Å². The van der Waals surface area contributed by atoms with Crippen molar-refractivity contribution in [3.05, 3.63) is 35.5 Å². The topological polar surface area (TPSA) is 41.1 Å². The van der Waals surface area contributed by atoms with E-state index in [-0.39, 0.29) is 12.4 Å². The first kappa shape index (κ1) is 17.3. The number of nitrogens with one attached hydrogen (secondary N) is 1. The van der Waals surface area contributed by atoms with Crippen LogP contribution in [0.25, 0.3) is 10.7 Å². The first-order valence-electron chi connectivity index (χ1n) is 7.67. The highest BCUT2D eigenvalue weighted by atomic mass is 35.5. The third-order valence-corrected chi connectivity index (χ3v) is 4.78. The number of pyridine rings is 1. The normalized spacial score (nSPS) is 17.6. The largest absolute Gasteiger partial charge is 0.315 e. The predicted octanol–water partition coefficient (Wildman–Crippen LogP) is 3.20. The minimum Gasteiger partial charge on any atom is -0.315 e. The molecule has 120 valence electrons. The van der Waals surface area contributed by atoms with Crippen molar-refractivity contribution < 1.29 is 0 Å². The van der Waals surface area contributed by atoms with Crippen LogP contribution in [0.3, 0.4) is 0 Å². The highest BCUT2D eigenvalue weighted by Gasteiger charge is 2.22. The summed E-state index contributed by atoms with van der Waals surface area (Å²) in [5, 5.41) is 6.65. The summed E-state index contributed by atoms with van der Waals surface area (Å²) in [6.07, 6.45) is 4.26. The number of thiazole rings is 1. The van der Waals surface area contributed by atoms with Crippen molar-refractivity contribution in [3.63, 3.8) is 0 Å². The van der Waals surface area contributed by atoms with Gasteiger partial charge >= 0.3 is 0 Å².